The molecule has 0 radical (unpaired) electrons. The molecule has 2 unspecified atom stereocenters. The van der Waals surface area contributed by atoms with Gasteiger partial charge in [-0.2, -0.15) is 0 Å². The predicted molar refractivity (Wildman–Crippen MR) is 94.2 cm³/mol. The Morgan fingerprint density at radius 2 is 2.29 bits per heavy atom. The first-order chi connectivity index (χ1) is 11.5. The number of imidazole rings is 1. The Hall–Kier alpha value is -1.61. The number of aromatic hydroxyl groups is 1. The zero-order chi connectivity index (χ0) is 17.0. The SMILES string of the molecule is CN1CC(c2cnc(Cl)s2)n2c(C(O)c3cccs3)c(O)[n+](C)c21. The molecule has 0 aromatic carbocycles. The second-order valence-corrected chi connectivity index (χ2v) is 8.39. The van der Waals surface area contributed by atoms with Crippen molar-refractivity contribution in [2.45, 2.75) is 12.1 Å². The largest absolute Gasteiger partial charge is 0.481 e. The molecule has 2 N–H and O–H groups in total. The number of hydrogen-bond acceptors (Lipinski definition) is 6. The maximum atomic E-state index is 10.9. The van der Waals surface area contributed by atoms with Crippen molar-refractivity contribution < 1.29 is 14.8 Å². The minimum Gasteiger partial charge on any atom is -0.481 e. The van der Waals surface area contributed by atoms with Crippen LogP contribution in [0.2, 0.25) is 4.47 Å². The van der Waals surface area contributed by atoms with Crippen molar-refractivity contribution >= 4 is 40.2 Å². The van der Waals surface area contributed by atoms with Crippen LogP contribution in [0.15, 0.2) is 23.7 Å². The van der Waals surface area contributed by atoms with Crippen LogP contribution in [0.4, 0.5) is 5.95 Å². The molecule has 3 aromatic heterocycles. The molecule has 0 amide bonds. The smallest absolute Gasteiger partial charge is 0.363 e. The van der Waals surface area contributed by atoms with Crippen molar-refractivity contribution in [3.05, 3.63) is 43.6 Å². The van der Waals surface area contributed by atoms with Gasteiger partial charge in [0.15, 0.2) is 10.2 Å². The van der Waals surface area contributed by atoms with E-state index in [4.69, 9.17) is 11.6 Å². The molecule has 1 aliphatic heterocycles. The summed E-state index contributed by atoms with van der Waals surface area (Å²) in [7, 11) is 3.76. The predicted octanol–water partition coefficient (Wildman–Crippen LogP) is 2.31. The molecule has 0 spiro atoms. The van der Waals surface area contributed by atoms with E-state index in [1.165, 1.54) is 22.7 Å². The van der Waals surface area contributed by atoms with Gasteiger partial charge in [0.05, 0.1) is 19.0 Å². The number of aromatic nitrogens is 3. The first-order valence-electron chi connectivity index (χ1n) is 7.36. The molecule has 4 rings (SSSR count). The van der Waals surface area contributed by atoms with E-state index in [0.29, 0.717) is 10.2 Å². The van der Waals surface area contributed by atoms with E-state index in [-0.39, 0.29) is 11.9 Å². The summed E-state index contributed by atoms with van der Waals surface area (Å²) in [6.07, 6.45) is 0.876. The van der Waals surface area contributed by atoms with Crippen molar-refractivity contribution in [1.82, 2.24) is 9.55 Å². The van der Waals surface area contributed by atoms with E-state index in [1.54, 1.807) is 17.8 Å². The Morgan fingerprint density at radius 3 is 2.92 bits per heavy atom. The van der Waals surface area contributed by atoms with Gasteiger partial charge in [-0.05, 0) is 11.4 Å². The van der Waals surface area contributed by atoms with Crippen molar-refractivity contribution in [1.29, 1.82) is 0 Å². The summed E-state index contributed by atoms with van der Waals surface area (Å²) in [6.45, 7) is 0.728. The maximum absolute atomic E-state index is 10.9. The average molecular weight is 384 g/mol. The van der Waals surface area contributed by atoms with E-state index >= 15 is 0 Å². The van der Waals surface area contributed by atoms with Crippen LogP contribution in [-0.2, 0) is 7.05 Å². The lowest BCUT2D eigenvalue weighted by atomic mass is 10.2. The molecule has 9 heteroatoms. The van der Waals surface area contributed by atoms with E-state index in [9.17, 15) is 10.2 Å². The second-order valence-electron chi connectivity index (χ2n) is 5.77. The molecule has 0 saturated carbocycles. The minimum absolute atomic E-state index is 0.0493. The van der Waals surface area contributed by atoms with Crippen LogP contribution in [-0.4, -0.2) is 33.4 Å². The summed E-state index contributed by atoms with van der Waals surface area (Å²) in [4.78, 5) is 7.99. The van der Waals surface area contributed by atoms with Crippen LogP contribution < -0.4 is 9.47 Å². The van der Waals surface area contributed by atoms with Gasteiger partial charge in [-0.1, -0.05) is 17.7 Å². The third-order valence-electron chi connectivity index (χ3n) is 4.32. The zero-order valence-electron chi connectivity index (χ0n) is 13.0. The lowest BCUT2D eigenvalue weighted by Gasteiger charge is -2.12. The Morgan fingerprint density at radius 1 is 1.50 bits per heavy atom. The highest BCUT2D eigenvalue weighted by atomic mass is 35.5. The summed E-state index contributed by atoms with van der Waals surface area (Å²) in [5.74, 6) is 0.908. The third kappa shape index (κ3) is 2.25. The number of rotatable bonds is 3. The van der Waals surface area contributed by atoms with Crippen LogP contribution in [0.3, 0.4) is 0 Å². The van der Waals surface area contributed by atoms with Crippen molar-refractivity contribution in [3.8, 4) is 5.88 Å². The fourth-order valence-electron chi connectivity index (χ4n) is 3.28. The van der Waals surface area contributed by atoms with Crippen molar-refractivity contribution in [3.63, 3.8) is 0 Å². The molecule has 126 valence electrons. The number of nitrogens with zero attached hydrogens (tertiary/aromatic N) is 4. The van der Waals surface area contributed by atoms with Crippen LogP contribution in [0.1, 0.15) is 27.6 Å². The molecule has 0 saturated heterocycles. The van der Waals surface area contributed by atoms with Gasteiger partial charge in [0.25, 0.3) is 5.88 Å². The van der Waals surface area contributed by atoms with Gasteiger partial charge in [-0.15, -0.1) is 22.7 Å². The van der Waals surface area contributed by atoms with Gasteiger partial charge in [-0.25, -0.2) is 14.1 Å². The Bertz CT molecular complexity index is 890. The molecular weight excluding hydrogens is 368 g/mol. The van der Waals surface area contributed by atoms with Gasteiger partial charge in [0, 0.05) is 11.1 Å². The highest BCUT2D eigenvalue weighted by Crippen LogP contribution is 2.42. The number of aliphatic hydroxyl groups excluding tert-OH is 1. The molecule has 1 aliphatic rings. The average Bonchev–Trinajstić information content (AvgIpc) is 3.29. The fourth-order valence-corrected chi connectivity index (χ4v) is 5.03. The van der Waals surface area contributed by atoms with E-state index in [1.807, 2.05) is 29.1 Å². The van der Waals surface area contributed by atoms with Gasteiger partial charge in [-0.3, -0.25) is 4.90 Å². The Labute approximate surface area is 151 Å². The minimum atomic E-state index is -0.887. The van der Waals surface area contributed by atoms with E-state index < -0.39 is 6.10 Å². The quantitative estimate of drug-likeness (QED) is 0.681. The number of aliphatic hydroxyl groups is 1. The van der Waals surface area contributed by atoms with Gasteiger partial charge in [0.1, 0.15) is 18.7 Å². The molecule has 4 heterocycles. The summed E-state index contributed by atoms with van der Waals surface area (Å²) < 4.78 is 4.18. The number of hydrogen-bond donors (Lipinski definition) is 2. The highest BCUT2D eigenvalue weighted by Gasteiger charge is 2.45. The van der Waals surface area contributed by atoms with E-state index in [2.05, 4.69) is 9.88 Å². The first kappa shape index (κ1) is 15.9. The number of fused-ring (bicyclic) bond motifs is 1. The second kappa shape index (κ2) is 5.73. The van der Waals surface area contributed by atoms with Crippen LogP contribution in [0.25, 0.3) is 0 Å². The molecule has 0 fully saturated rings. The summed E-state index contributed by atoms with van der Waals surface area (Å²) >= 11 is 8.89. The summed E-state index contributed by atoms with van der Waals surface area (Å²) in [5, 5.41) is 23.4. The van der Waals surface area contributed by atoms with Crippen LogP contribution >= 0.6 is 34.3 Å². The Balaban J connectivity index is 1.90. The van der Waals surface area contributed by atoms with Crippen molar-refractivity contribution in [2.75, 3.05) is 18.5 Å². The zero-order valence-corrected chi connectivity index (χ0v) is 15.4. The topological polar surface area (TPSA) is 65.4 Å². The Kier molecular flexibility index (Phi) is 3.80. The number of thiazole rings is 1. The maximum Gasteiger partial charge on any atom is 0.363 e. The molecule has 0 aliphatic carbocycles. The van der Waals surface area contributed by atoms with Gasteiger partial charge in [0.2, 0.25) is 0 Å². The van der Waals surface area contributed by atoms with Crippen molar-refractivity contribution in [2.24, 2.45) is 7.05 Å². The standard InChI is InChI=1S/C15H15ClN4O2S2/c1-18-7-8(10-6-17-14(16)24-10)20-11(13(22)19(2)15(18)20)12(21)9-4-3-5-23-9/h3-6,8,12,21H,7H2,1-2H3/p+1. The fraction of sp³-hybridized carbons (Fsp3) is 0.333. The van der Waals surface area contributed by atoms with E-state index in [0.717, 1.165) is 22.2 Å². The van der Waals surface area contributed by atoms with Crippen LogP contribution in [0, 0.1) is 0 Å². The molecule has 2 atom stereocenters. The lowest BCUT2D eigenvalue weighted by Crippen LogP contribution is -2.34. The van der Waals surface area contributed by atoms with Crippen LogP contribution in [0.5, 0.6) is 5.88 Å². The van der Waals surface area contributed by atoms with Gasteiger partial charge >= 0.3 is 5.95 Å². The molecular formula is C15H16ClN4O2S2+. The number of anilines is 1. The first-order valence-corrected chi connectivity index (χ1v) is 9.43. The molecule has 3 aromatic rings. The normalized spacial score (nSPS) is 18.2. The number of halogens is 1. The number of thiophene rings is 1. The third-order valence-corrected chi connectivity index (χ3v) is 6.46. The van der Waals surface area contributed by atoms with Gasteiger partial charge < -0.3 is 10.2 Å². The monoisotopic (exact) mass is 383 g/mol. The molecule has 0 bridgehead atoms. The number of likely N-dealkylation sites (N-methyl/N-ethyl adjacent to an activating group) is 1. The summed E-state index contributed by atoms with van der Waals surface area (Å²) in [6, 6.07) is 3.71. The molecule has 24 heavy (non-hydrogen) atoms. The molecule has 6 nitrogen and oxygen atoms in total. The summed E-state index contributed by atoms with van der Waals surface area (Å²) in [5.41, 5.74) is 0.494. The lowest BCUT2D eigenvalue weighted by molar-refractivity contribution is -0.664. The highest BCUT2D eigenvalue weighted by molar-refractivity contribution is 7.15.